The Morgan fingerprint density at radius 3 is 2.91 bits per heavy atom. The van der Waals surface area contributed by atoms with Gasteiger partial charge in [0.2, 0.25) is 11.8 Å². The fraction of sp³-hybridized carbons (Fsp3) is 0.400. The number of fused-ring (bicyclic) bond motifs is 1. The van der Waals surface area contributed by atoms with E-state index in [1.807, 2.05) is 28.8 Å². The number of nitrogens with zero attached hydrogens (tertiary/aromatic N) is 3. The van der Waals surface area contributed by atoms with E-state index in [9.17, 15) is 9.59 Å². The molecular formula is C15H18N4O2S. The number of aromatic nitrogens is 2. The Kier molecular flexibility index (Phi) is 4.62. The van der Waals surface area contributed by atoms with Gasteiger partial charge in [-0.05, 0) is 25.0 Å². The average molecular weight is 318 g/mol. The van der Waals surface area contributed by atoms with E-state index in [2.05, 4.69) is 10.3 Å². The Labute approximate surface area is 132 Å². The number of amides is 2. The quantitative estimate of drug-likeness (QED) is 0.840. The largest absolute Gasteiger partial charge is 0.346 e. The molecule has 1 fully saturated rings. The van der Waals surface area contributed by atoms with Crippen LogP contribution in [0.3, 0.4) is 0 Å². The van der Waals surface area contributed by atoms with Crippen LogP contribution in [-0.2, 0) is 9.59 Å². The van der Waals surface area contributed by atoms with Crippen LogP contribution in [0.2, 0.25) is 0 Å². The SMILES string of the molecule is O=C(CSc1ncc2ccccn12)NCC(=O)N1CCCC1. The molecule has 6 nitrogen and oxygen atoms in total. The average Bonchev–Trinajstić information content (AvgIpc) is 3.20. The smallest absolute Gasteiger partial charge is 0.241 e. The monoisotopic (exact) mass is 318 g/mol. The summed E-state index contributed by atoms with van der Waals surface area (Å²) in [4.78, 5) is 29.8. The van der Waals surface area contributed by atoms with Gasteiger partial charge in [0.15, 0.2) is 5.16 Å². The zero-order valence-electron chi connectivity index (χ0n) is 12.2. The Bertz CT molecular complexity index is 679. The van der Waals surface area contributed by atoms with Gasteiger partial charge in [0.1, 0.15) is 0 Å². The minimum atomic E-state index is -0.148. The van der Waals surface area contributed by atoms with Crippen molar-refractivity contribution in [3.8, 4) is 0 Å². The minimum absolute atomic E-state index is 0.00195. The molecule has 2 aromatic heterocycles. The second-order valence-corrected chi connectivity index (χ2v) is 6.13. The summed E-state index contributed by atoms with van der Waals surface area (Å²) in [7, 11) is 0. The summed E-state index contributed by atoms with van der Waals surface area (Å²) in [5, 5.41) is 3.46. The molecule has 0 unspecified atom stereocenters. The van der Waals surface area contributed by atoms with E-state index >= 15 is 0 Å². The molecule has 0 radical (unpaired) electrons. The number of hydrogen-bond acceptors (Lipinski definition) is 4. The van der Waals surface area contributed by atoms with Crippen molar-refractivity contribution in [2.24, 2.45) is 0 Å². The molecule has 2 aromatic rings. The van der Waals surface area contributed by atoms with Crippen LogP contribution in [0, 0.1) is 0 Å². The van der Waals surface area contributed by atoms with E-state index in [0.717, 1.165) is 36.6 Å². The number of likely N-dealkylation sites (tertiary alicyclic amines) is 1. The first kappa shape index (κ1) is 14.9. The van der Waals surface area contributed by atoms with Crippen LogP contribution in [0.4, 0.5) is 0 Å². The van der Waals surface area contributed by atoms with Gasteiger partial charge in [0.25, 0.3) is 0 Å². The van der Waals surface area contributed by atoms with Gasteiger partial charge in [-0.25, -0.2) is 4.98 Å². The topological polar surface area (TPSA) is 66.7 Å². The summed E-state index contributed by atoms with van der Waals surface area (Å²) in [6.45, 7) is 1.70. The van der Waals surface area contributed by atoms with Crippen molar-refractivity contribution in [3.63, 3.8) is 0 Å². The Morgan fingerprint density at radius 1 is 1.27 bits per heavy atom. The highest BCUT2D eigenvalue weighted by Crippen LogP contribution is 2.17. The molecule has 22 heavy (non-hydrogen) atoms. The van der Waals surface area contributed by atoms with Crippen LogP contribution >= 0.6 is 11.8 Å². The van der Waals surface area contributed by atoms with Gasteiger partial charge >= 0.3 is 0 Å². The van der Waals surface area contributed by atoms with Crippen molar-refractivity contribution in [2.45, 2.75) is 18.0 Å². The summed E-state index contributed by atoms with van der Waals surface area (Å²) in [5.41, 5.74) is 0.995. The molecule has 7 heteroatoms. The molecule has 116 valence electrons. The number of carbonyl (C=O) groups is 2. The molecule has 0 aliphatic carbocycles. The Hall–Kier alpha value is -2.02. The first-order valence-electron chi connectivity index (χ1n) is 7.33. The van der Waals surface area contributed by atoms with Gasteiger partial charge in [0.05, 0.1) is 24.0 Å². The van der Waals surface area contributed by atoms with Crippen molar-refractivity contribution < 1.29 is 9.59 Å². The molecule has 0 aromatic carbocycles. The molecule has 0 bridgehead atoms. The third-order valence-electron chi connectivity index (χ3n) is 3.63. The number of nitrogens with one attached hydrogen (secondary N) is 1. The molecule has 2 amide bonds. The maximum absolute atomic E-state index is 11.9. The second kappa shape index (κ2) is 6.83. The molecule has 0 saturated carbocycles. The molecule has 1 aliphatic rings. The van der Waals surface area contributed by atoms with Crippen molar-refractivity contribution in [3.05, 3.63) is 30.6 Å². The summed E-state index contributed by atoms with van der Waals surface area (Å²) in [6.07, 6.45) is 5.81. The number of thioether (sulfide) groups is 1. The van der Waals surface area contributed by atoms with Gasteiger partial charge in [-0.2, -0.15) is 0 Å². The van der Waals surface area contributed by atoms with Crippen molar-refractivity contribution >= 4 is 29.1 Å². The molecule has 3 rings (SSSR count). The van der Waals surface area contributed by atoms with E-state index in [1.165, 1.54) is 11.8 Å². The van der Waals surface area contributed by atoms with Gasteiger partial charge in [0, 0.05) is 19.3 Å². The van der Waals surface area contributed by atoms with E-state index in [0.29, 0.717) is 0 Å². The van der Waals surface area contributed by atoms with Crippen LogP contribution in [0.1, 0.15) is 12.8 Å². The number of rotatable bonds is 5. The van der Waals surface area contributed by atoms with Crippen LogP contribution in [0.25, 0.3) is 5.52 Å². The predicted molar refractivity (Wildman–Crippen MR) is 84.7 cm³/mol. The normalized spacial score (nSPS) is 14.5. The molecule has 0 atom stereocenters. The summed E-state index contributed by atoms with van der Waals surface area (Å²) >= 11 is 1.36. The van der Waals surface area contributed by atoms with Crippen LogP contribution < -0.4 is 5.32 Å². The standard InChI is InChI=1S/C15H18N4O2S/c20-13(16-10-14(21)18-6-3-4-7-18)11-22-15-17-9-12-5-1-2-8-19(12)15/h1-2,5,8-9H,3-4,6-7,10-11H2,(H,16,20). The fourth-order valence-corrected chi connectivity index (χ4v) is 3.25. The highest BCUT2D eigenvalue weighted by Gasteiger charge is 2.18. The van der Waals surface area contributed by atoms with E-state index in [1.54, 1.807) is 11.1 Å². The van der Waals surface area contributed by atoms with E-state index in [4.69, 9.17) is 0 Å². The summed E-state index contributed by atoms with van der Waals surface area (Å²) in [5.74, 6) is 0.105. The van der Waals surface area contributed by atoms with E-state index in [-0.39, 0.29) is 24.1 Å². The third kappa shape index (κ3) is 3.41. The van der Waals surface area contributed by atoms with E-state index < -0.39 is 0 Å². The van der Waals surface area contributed by atoms with Crippen molar-refractivity contribution in [1.29, 1.82) is 0 Å². The third-order valence-corrected chi connectivity index (χ3v) is 4.60. The van der Waals surface area contributed by atoms with Gasteiger partial charge < -0.3 is 10.2 Å². The van der Waals surface area contributed by atoms with Crippen LogP contribution in [0.15, 0.2) is 35.7 Å². The lowest BCUT2D eigenvalue weighted by atomic mass is 10.4. The molecule has 0 spiro atoms. The highest BCUT2D eigenvalue weighted by molar-refractivity contribution is 7.99. The molecule has 1 aliphatic heterocycles. The van der Waals surface area contributed by atoms with Gasteiger partial charge in [-0.3, -0.25) is 14.0 Å². The second-order valence-electron chi connectivity index (χ2n) is 5.19. The number of carbonyl (C=O) groups excluding carboxylic acids is 2. The maximum Gasteiger partial charge on any atom is 0.241 e. The molecule has 1 saturated heterocycles. The zero-order chi connectivity index (χ0) is 15.4. The first-order valence-corrected chi connectivity index (χ1v) is 8.32. The molecule has 3 heterocycles. The van der Waals surface area contributed by atoms with Crippen LogP contribution in [-0.4, -0.2) is 51.5 Å². The zero-order valence-corrected chi connectivity index (χ0v) is 13.0. The maximum atomic E-state index is 11.9. The van der Waals surface area contributed by atoms with Gasteiger partial charge in [-0.15, -0.1) is 0 Å². The number of pyridine rings is 1. The lowest BCUT2D eigenvalue weighted by Gasteiger charge is -2.15. The summed E-state index contributed by atoms with van der Waals surface area (Å²) in [6, 6.07) is 5.83. The summed E-state index contributed by atoms with van der Waals surface area (Å²) < 4.78 is 1.94. The Balaban J connectivity index is 1.47. The number of hydrogen-bond donors (Lipinski definition) is 1. The molecule has 1 N–H and O–H groups in total. The number of imidazole rings is 1. The van der Waals surface area contributed by atoms with Crippen molar-refractivity contribution in [2.75, 3.05) is 25.4 Å². The Morgan fingerprint density at radius 2 is 2.09 bits per heavy atom. The minimum Gasteiger partial charge on any atom is -0.346 e. The predicted octanol–water partition coefficient (Wildman–Crippen LogP) is 1.17. The lowest BCUT2D eigenvalue weighted by Crippen LogP contribution is -2.39. The van der Waals surface area contributed by atoms with Gasteiger partial charge in [-0.1, -0.05) is 17.8 Å². The lowest BCUT2D eigenvalue weighted by molar-refractivity contribution is -0.131. The molecular weight excluding hydrogens is 300 g/mol. The highest BCUT2D eigenvalue weighted by atomic mass is 32.2. The first-order chi connectivity index (χ1) is 10.7. The van der Waals surface area contributed by atoms with Crippen LogP contribution in [0.5, 0.6) is 0 Å². The van der Waals surface area contributed by atoms with Crippen molar-refractivity contribution in [1.82, 2.24) is 19.6 Å². The fourth-order valence-electron chi connectivity index (χ4n) is 2.46.